The molecule has 0 heterocycles. The summed E-state index contributed by atoms with van der Waals surface area (Å²) in [5, 5.41) is 13.8. The molecule has 0 radical (unpaired) electrons. The maximum atomic E-state index is 11.4. The fraction of sp³-hybridized carbons (Fsp3) is 0.308. The second-order valence-corrected chi connectivity index (χ2v) is 5.03. The lowest BCUT2D eigenvalue weighted by molar-refractivity contribution is -0.133. The number of anilines is 1. The van der Waals surface area contributed by atoms with Gasteiger partial charge in [-0.1, -0.05) is 12.1 Å². The number of carbonyl (C=O) groups excluding carboxylic acids is 2. The Labute approximate surface area is 120 Å². The summed E-state index contributed by atoms with van der Waals surface area (Å²) >= 11 is 1.05. The van der Waals surface area contributed by atoms with Crippen molar-refractivity contribution in [1.82, 2.24) is 5.32 Å². The zero-order valence-electron chi connectivity index (χ0n) is 11.0. The van der Waals surface area contributed by atoms with Gasteiger partial charge in [0.25, 0.3) is 0 Å². The predicted octanol–water partition coefficient (Wildman–Crippen LogP) is 1.08. The minimum Gasteiger partial charge on any atom is -0.481 e. The zero-order chi connectivity index (χ0) is 15.0. The molecular formula is C13H16N2O4S. The third-order valence-electron chi connectivity index (χ3n) is 2.22. The number of benzene rings is 1. The molecule has 3 N–H and O–H groups in total. The normalized spacial score (nSPS) is 9.85. The lowest BCUT2D eigenvalue weighted by Crippen LogP contribution is -2.25. The van der Waals surface area contributed by atoms with E-state index in [-0.39, 0.29) is 23.3 Å². The van der Waals surface area contributed by atoms with Crippen LogP contribution < -0.4 is 10.6 Å². The van der Waals surface area contributed by atoms with Gasteiger partial charge in [0.15, 0.2) is 0 Å². The van der Waals surface area contributed by atoms with Gasteiger partial charge < -0.3 is 15.7 Å². The number of rotatable bonds is 7. The maximum Gasteiger partial charge on any atom is 0.313 e. The molecule has 0 bridgehead atoms. The van der Waals surface area contributed by atoms with Crippen molar-refractivity contribution in [3.63, 3.8) is 0 Å². The average Bonchev–Trinajstić information content (AvgIpc) is 2.37. The summed E-state index contributed by atoms with van der Waals surface area (Å²) in [6, 6.07) is 7.11. The molecule has 0 saturated heterocycles. The summed E-state index contributed by atoms with van der Waals surface area (Å²) in [5.74, 6) is -1.24. The van der Waals surface area contributed by atoms with Crippen LogP contribution in [-0.4, -0.2) is 34.4 Å². The fourth-order valence-electron chi connectivity index (χ4n) is 1.39. The molecule has 0 aliphatic carbocycles. The molecule has 1 rings (SSSR count). The van der Waals surface area contributed by atoms with Crippen molar-refractivity contribution in [2.24, 2.45) is 0 Å². The number of hydrogen-bond donors (Lipinski definition) is 3. The highest BCUT2D eigenvalue weighted by molar-refractivity contribution is 8.00. The number of carboxylic acids is 1. The Balaban J connectivity index is 2.32. The molecule has 108 valence electrons. The highest BCUT2D eigenvalue weighted by Gasteiger charge is 2.04. The topological polar surface area (TPSA) is 95.5 Å². The number of aliphatic carboxylic acids is 1. The Kier molecular flexibility index (Phi) is 6.58. The molecule has 0 atom stereocenters. The number of hydrogen-bond acceptors (Lipinski definition) is 4. The number of nitrogens with one attached hydrogen (secondary N) is 2. The lowest BCUT2D eigenvalue weighted by atomic mass is 10.2. The van der Waals surface area contributed by atoms with Gasteiger partial charge in [-0.2, -0.15) is 0 Å². The van der Waals surface area contributed by atoms with Crippen LogP contribution in [0, 0.1) is 0 Å². The van der Waals surface area contributed by atoms with E-state index in [0.717, 1.165) is 17.3 Å². The van der Waals surface area contributed by atoms with Gasteiger partial charge in [-0.3, -0.25) is 14.4 Å². The zero-order valence-corrected chi connectivity index (χ0v) is 11.8. The first-order chi connectivity index (χ1) is 9.47. The van der Waals surface area contributed by atoms with Crippen LogP contribution in [0.25, 0.3) is 0 Å². The Bertz CT molecular complexity index is 488. The van der Waals surface area contributed by atoms with E-state index in [0.29, 0.717) is 12.2 Å². The third-order valence-corrected chi connectivity index (χ3v) is 3.14. The van der Waals surface area contributed by atoms with Crippen molar-refractivity contribution in [2.45, 2.75) is 13.5 Å². The van der Waals surface area contributed by atoms with E-state index >= 15 is 0 Å². The van der Waals surface area contributed by atoms with Crippen molar-refractivity contribution in [3.8, 4) is 0 Å². The standard InChI is InChI=1S/C13H16N2O4S/c1-9(16)15-11-4-2-10(3-5-11)6-14-12(17)7-20-8-13(18)19/h2-5H,6-8H2,1H3,(H,14,17)(H,15,16)(H,18,19). The minimum atomic E-state index is -0.934. The Hall–Kier alpha value is -2.02. The van der Waals surface area contributed by atoms with Gasteiger partial charge in [-0.15, -0.1) is 11.8 Å². The first-order valence-electron chi connectivity index (χ1n) is 5.90. The van der Waals surface area contributed by atoms with Gasteiger partial charge in [0.2, 0.25) is 11.8 Å². The van der Waals surface area contributed by atoms with Crippen molar-refractivity contribution in [1.29, 1.82) is 0 Å². The first-order valence-corrected chi connectivity index (χ1v) is 7.05. The van der Waals surface area contributed by atoms with E-state index in [1.807, 2.05) is 0 Å². The number of amides is 2. The minimum absolute atomic E-state index is 0.0845. The highest BCUT2D eigenvalue weighted by Crippen LogP contribution is 2.09. The molecule has 2 amide bonds. The van der Waals surface area contributed by atoms with Crippen LogP contribution in [0.5, 0.6) is 0 Å². The Morgan fingerprint density at radius 1 is 1.15 bits per heavy atom. The van der Waals surface area contributed by atoms with Gasteiger partial charge in [0, 0.05) is 19.2 Å². The van der Waals surface area contributed by atoms with E-state index in [1.165, 1.54) is 6.92 Å². The second kappa shape index (κ2) is 8.21. The molecule has 1 aromatic rings. The summed E-state index contributed by atoms with van der Waals surface area (Å²) in [7, 11) is 0. The van der Waals surface area contributed by atoms with E-state index < -0.39 is 5.97 Å². The molecule has 20 heavy (non-hydrogen) atoms. The molecule has 0 spiro atoms. The average molecular weight is 296 g/mol. The van der Waals surface area contributed by atoms with E-state index in [9.17, 15) is 14.4 Å². The van der Waals surface area contributed by atoms with E-state index in [2.05, 4.69) is 10.6 Å². The third kappa shape index (κ3) is 6.79. The predicted molar refractivity (Wildman–Crippen MR) is 77.6 cm³/mol. The fourth-order valence-corrected chi connectivity index (χ4v) is 1.96. The summed E-state index contributed by atoms with van der Waals surface area (Å²) < 4.78 is 0. The van der Waals surface area contributed by atoms with Gasteiger partial charge in [0.1, 0.15) is 0 Å². The molecule has 0 saturated carbocycles. The quantitative estimate of drug-likeness (QED) is 0.700. The van der Waals surface area contributed by atoms with Crippen LogP contribution in [-0.2, 0) is 20.9 Å². The summed E-state index contributed by atoms with van der Waals surface area (Å²) in [4.78, 5) is 32.6. The Morgan fingerprint density at radius 3 is 2.35 bits per heavy atom. The van der Waals surface area contributed by atoms with Gasteiger partial charge >= 0.3 is 5.97 Å². The monoisotopic (exact) mass is 296 g/mol. The molecule has 0 aliphatic rings. The highest BCUT2D eigenvalue weighted by atomic mass is 32.2. The molecule has 0 aliphatic heterocycles. The molecule has 1 aromatic carbocycles. The largest absolute Gasteiger partial charge is 0.481 e. The van der Waals surface area contributed by atoms with Crippen LogP contribution in [0.3, 0.4) is 0 Å². The van der Waals surface area contributed by atoms with Gasteiger partial charge in [-0.05, 0) is 17.7 Å². The molecule has 0 aromatic heterocycles. The maximum absolute atomic E-state index is 11.4. The molecule has 7 heteroatoms. The van der Waals surface area contributed by atoms with Crippen LogP contribution in [0.4, 0.5) is 5.69 Å². The molecule has 0 fully saturated rings. The van der Waals surface area contributed by atoms with Crippen LogP contribution in [0.15, 0.2) is 24.3 Å². The first kappa shape index (κ1) is 16.0. The number of carboxylic acid groups (broad SMARTS) is 1. The van der Waals surface area contributed by atoms with E-state index in [4.69, 9.17) is 5.11 Å². The Morgan fingerprint density at radius 2 is 1.80 bits per heavy atom. The van der Waals surface area contributed by atoms with Crippen molar-refractivity contribution in [3.05, 3.63) is 29.8 Å². The summed E-state index contributed by atoms with van der Waals surface area (Å²) in [5.41, 5.74) is 1.60. The molecular weight excluding hydrogens is 280 g/mol. The number of carbonyl (C=O) groups is 3. The molecule has 6 nitrogen and oxygen atoms in total. The number of thioether (sulfide) groups is 1. The van der Waals surface area contributed by atoms with Crippen LogP contribution >= 0.6 is 11.8 Å². The van der Waals surface area contributed by atoms with Crippen LogP contribution in [0.2, 0.25) is 0 Å². The van der Waals surface area contributed by atoms with Gasteiger partial charge in [-0.25, -0.2) is 0 Å². The van der Waals surface area contributed by atoms with Crippen LogP contribution in [0.1, 0.15) is 12.5 Å². The van der Waals surface area contributed by atoms with Gasteiger partial charge in [0.05, 0.1) is 11.5 Å². The summed E-state index contributed by atoms with van der Waals surface area (Å²) in [6.07, 6.45) is 0. The van der Waals surface area contributed by atoms with Crippen molar-refractivity contribution < 1.29 is 19.5 Å². The van der Waals surface area contributed by atoms with E-state index in [1.54, 1.807) is 24.3 Å². The smallest absolute Gasteiger partial charge is 0.313 e. The van der Waals surface area contributed by atoms with Crippen molar-refractivity contribution in [2.75, 3.05) is 16.8 Å². The molecule has 0 unspecified atom stereocenters. The SMILES string of the molecule is CC(=O)Nc1ccc(CNC(=O)CSCC(=O)O)cc1. The second-order valence-electron chi connectivity index (χ2n) is 4.04. The van der Waals surface area contributed by atoms with Crippen molar-refractivity contribution >= 4 is 35.2 Å². The summed E-state index contributed by atoms with van der Waals surface area (Å²) in [6.45, 7) is 1.80. The lowest BCUT2D eigenvalue weighted by Gasteiger charge is -2.06.